The molecule has 0 spiro atoms. The lowest BCUT2D eigenvalue weighted by molar-refractivity contribution is -0.255. The van der Waals surface area contributed by atoms with Crippen LogP contribution >= 0.6 is 11.8 Å². The number of carboxylic acid groups (broad SMARTS) is 1. The van der Waals surface area contributed by atoms with Crippen LogP contribution in [-0.4, -0.2) is 30.0 Å². The SMILES string of the molecule is Cc1cc(N(C)C)nc(SCc2ccc(C(=O)[O-])cc2)n1. The van der Waals surface area contributed by atoms with E-state index in [1.165, 1.54) is 11.8 Å². The average Bonchev–Trinajstić information content (AvgIpc) is 2.45. The lowest BCUT2D eigenvalue weighted by atomic mass is 10.1. The van der Waals surface area contributed by atoms with Gasteiger partial charge in [0.15, 0.2) is 5.16 Å². The van der Waals surface area contributed by atoms with E-state index in [0.717, 1.165) is 17.1 Å². The smallest absolute Gasteiger partial charge is 0.190 e. The molecule has 0 aliphatic heterocycles. The second-order valence-corrected chi connectivity index (χ2v) is 5.76. The Labute approximate surface area is 128 Å². The Morgan fingerprint density at radius 2 is 1.90 bits per heavy atom. The highest BCUT2D eigenvalue weighted by Gasteiger charge is 2.05. The van der Waals surface area contributed by atoms with Crippen molar-refractivity contribution < 1.29 is 9.90 Å². The molecular weight excluding hydrogens is 286 g/mol. The van der Waals surface area contributed by atoms with Crippen molar-refractivity contribution in [3.8, 4) is 0 Å². The molecule has 1 heterocycles. The van der Waals surface area contributed by atoms with E-state index in [-0.39, 0.29) is 5.56 Å². The number of rotatable bonds is 5. The Hall–Kier alpha value is -2.08. The molecule has 0 fully saturated rings. The van der Waals surface area contributed by atoms with E-state index in [9.17, 15) is 9.90 Å². The van der Waals surface area contributed by atoms with E-state index in [1.54, 1.807) is 24.3 Å². The molecule has 21 heavy (non-hydrogen) atoms. The summed E-state index contributed by atoms with van der Waals surface area (Å²) in [6.07, 6.45) is 0. The maximum Gasteiger partial charge on any atom is 0.190 e. The molecule has 2 aromatic rings. The molecule has 0 radical (unpaired) electrons. The number of carbonyl (C=O) groups excluding carboxylic acids is 1. The van der Waals surface area contributed by atoms with Crippen LogP contribution in [0, 0.1) is 6.92 Å². The van der Waals surface area contributed by atoms with E-state index in [2.05, 4.69) is 9.97 Å². The van der Waals surface area contributed by atoms with Gasteiger partial charge in [0.2, 0.25) is 0 Å². The summed E-state index contributed by atoms with van der Waals surface area (Å²) in [4.78, 5) is 21.5. The monoisotopic (exact) mass is 302 g/mol. The summed E-state index contributed by atoms with van der Waals surface area (Å²) < 4.78 is 0. The minimum Gasteiger partial charge on any atom is -0.545 e. The van der Waals surface area contributed by atoms with Crippen molar-refractivity contribution >= 4 is 23.5 Å². The molecule has 110 valence electrons. The third kappa shape index (κ3) is 4.19. The summed E-state index contributed by atoms with van der Waals surface area (Å²) >= 11 is 1.52. The number of hydrogen-bond acceptors (Lipinski definition) is 6. The molecule has 0 aliphatic carbocycles. The fourth-order valence-electron chi connectivity index (χ4n) is 1.70. The van der Waals surface area contributed by atoms with E-state index < -0.39 is 5.97 Å². The van der Waals surface area contributed by atoms with Crippen molar-refractivity contribution in [2.45, 2.75) is 17.8 Å². The van der Waals surface area contributed by atoms with Gasteiger partial charge in [0.1, 0.15) is 5.82 Å². The van der Waals surface area contributed by atoms with Crippen LogP contribution in [0.25, 0.3) is 0 Å². The van der Waals surface area contributed by atoms with Crippen LogP contribution in [0.1, 0.15) is 21.6 Å². The Morgan fingerprint density at radius 1 is 1.24 bits per heavy atom. The molecule has 0 N–H and O–H groups in total. The average molecular weight is 302 g/mol. The number of hydrogen-bond donors (Lipinski definition) is 0. The van der Waals surface area contributed by atoms with Crippen LogP contribution in [0.15, 0.2) is 35.5 Å². The second kappa shape index (κ2) is 6.58. The van der Waals surface area contributed by atoms with Gasteiger partial charge in [0, 0.05) is 31.6 Å². The number of aryl methyl sites for hydroxylation is 1. The van der Waals surface area contributed by atoms with Crippen LogP contribution < -0.4 is 10.0 Å². The Kier molecular flexibility index (Phi) is 4.80. The van der Waals surface area contributed by atoms with Gasteiger partial charge in [-0.3, -0.25) is 0 Å². The van der Waals surface area contributed by atoms with Crippen LogP contribution in [0.5, 0.6) is 0 Å². The van der Waals surface area contributed by atoms with Crippen LogP contribution in [0.3, 0.4) is 0 Å². The molecular formula is C15H16N3O2S-. The van der Waals surface area contributed by atoms with Gasteiger partial charge in [-0.2, -0.15) is 0 Å². The van der Waals surface area contributed by atoms with Crippen molar-refractivity contribution in [1.82, 2.24) is 9.97 Å². The van der Waals surface area contributed by atoms with Gasteiger partial charge < -0.3 is 14.8 Å². The number of anilines is 1. The maximum atomic E-state index is 10.7. The first-order chi connectivity index (χ1) is 9.95. The Bertz CT molecular complexity index is 642. The number of nitrogens with zero attached hydrogens (tertiary/aromatic N) is 3. The highest BCUT2D eigenvalue weighted by molar-refractivity contribution is 7.98. The van der Waals surface area contributed by atoms with Gasteiger partial charge in [0.05, 0.1) is 5.97 Å². The van der Waals surface area contributed by atoms with Gasteiger partial charge >= 0.3 is 0 Å². The van der Waals surface area contributed by atoms with Crippen molar-refractivity contribution in [3.05, 3.63) is 47.2 Å². The molecule has 0 amide bonds. The van der Waals surface area contributed by atoms with E-state index in [1.807, 2.05) is 32.0 Å². The molecule has 1 aromatic heterocycles. The zero-order chi connectivity index (χ0) is 15.4. The fraction of sp³-hybridized carbons (Fsp3) is 0.267. The van der Waals surface area contributed by atoms with Gasteiger partial charge in [0.25, 0.3) is 0 Å². The third-order valence-electron chi connectivity index (χ3n) is 2.84. The standard InChI is InChI=1S/C15H17N3O2S/c1-10-8-13(18(2)3)17-15(16-10)21-9-11-4-6-12(7-5-11)14(19)20/h4-8H,9H2,1-3H3,(H,19,20)/p-1. The summed E-state index contributed by atoms with van der Waals surface area (Å²) in [5, 5.41) is 11.4. The summed E-state index contributed by atoms with van der Waals surface area (Å²) in [5.74, 6) is 0.396. The largest absolute Gasteiger partial charge is 0.545 e. The highest BCUT2D eigenvalue weighted by Crippen LogP contribution is 2.22. The number of thioether (sulfide) groups is 1. The maximum absolute atomic E-state index is 10.7. The van der Waals surface area contributed by atoms with Gasteiger partial charge in [-0.25, -0.2) is 9.97 Å². The van der Waals surface area contributed by atoms with E-state index in [0.29, 0.717) is 10.9 Å². The zero-order valence-electron chi connectivity index (χ0n) is 12.2. The minimum atomic E-state index is -1.16. The summed E-state index contributed by atoms with van der Waals surface area (Å²) in [6.45, 7) is 1.94. The van der Waals surface area contributed by atoms with Gasteiger partial charge in [-0.05, 0) is 18.1 Å². The first kappa shape index (κ1) is 15.3. The predicted octanol–water partition coefficient (Wildman–Crippen LogP) is 1.51. The van der Waals surface area contributed by atoms with Crippen LogP contribution in [-0.2, 0) is 5.75 Å². The Morgan fingerprint density at radius 3 is 2.48 bits per heavy atom. The molecule has 1 aromatic carbocycles. The number of aromatic carboxylic acids is 1. The van der Waals surface area contributed by atoms with Gasteiger partial charge in [-0.15, -0.1) is 0 Å². The zero-order valence-corrected chi connectivity index (χ0v) is 13.0. The molecule has 0 saturated heterocycles. The van der Waals surface area contributed by atoms with Crippen molar-refractivity contribution in [3.63, 3.8) is 0 Å². The third-order valence-corrected chi connectivity index (χ3v) is 3.75. The van der Waals surface area contributed by atoms with E-state index in [4.69, 9.17) is 0 Å². The van der Waals surface area contributed by atoms with Crippen LogP contribution in [0.2, 0.25) is 0 Å². The highest BCUT2D eigenvalue weighted by atomic mass is 32.2. The summed E-state index contributed by atoms with van der Waals surface area (Å²) in [6, 6.07) is 8.58. The first-order valence-electron chi connectivity index (χ1n) is 6.42. The van der Waals surface area contributed by atoms with Crippen molar-refractivity contribution in [2.75, 3.05) is 19.0 Å². The molecule has 0 atom stereocenters. The molecule has 0 bridgehead atoms. The fourth-order valence-corrected chi connectivity index (χ4v) is 2.56. The molecule has 5 nitrogen and oxygen atoms in total. The number of carbonyl (C=O) groups is 1. The molecule has 0 aliphatic rings. The summed E-state index contributed by atoms with van der Waals surface area (Å²) in [5.41, 5.74) is 2.12. The molecule has 0 unspecified atom stereocenters. The van der Waals surface area contributed by atoms with Crippen LogP contribution in [0.4, 0.5) is 5.82 Å². The quantitative estimate of drug-likeness (QED) is 0.616. The lowest BCUT2D eigenvalue weighted by Gasteiger charge is -2.12. The number of carboxylic acids is 1. The molecule has 2 rings (SSSR count). The number of aromatic nitrogens is 2. The topological polar surface area (TPSA) is 69.2 Å². The normalized spacial score (nSPS) is 10.4. The van der Waals surface area contributed by atoms with Crippen molar-refractivity contribution in [1.29, 1.82) is 0 Å². The van der Waals surface area contributed by atoms with Crippen molar-refractivity contribution in [2.24, 2.45) is 0 Å². The Balaban J connectivity index is 2.07. The molecule has 0 saturated carbocycles. The first-order valence-corrected chi connectivity index (χ1v) is 7.40. The van der Waals surface area contributed by atoms with E-state index >= 15 is 0 Å². The minimum absolute atomic E-state index is 0.186. The summed E-state index contributed by atoms with van der Waals surface area (Å²) in [7, 11) is 3.88. The number of benzene rings is 1. The molecule has 6 heteroatoms. The lowest BCUT2D eigenvalue weighted by Crippen LogP contribution is -2.21. The van der Waals surface area contributed by atoms with Gasteiger partial charge in [-0.1, -0.05) is 36.0 Å². The predicted molar refractivity (Wildman–Crippen MR) is 81.4 cm³/mol. The second-order valence-electron chi connectivity index (χ2n) is 4.82.